The molecule has 276 valence electrons. The Balaban J connectivity index is 0.870. The summed E-state index contributed by atoms with van der Waals surface area (Å²) in [5.74, 6) is 1.91. The van der Waals surface area contributed by atoms with E-state index in [0.717, 1.165) is 77.4 Å². The van der Waals surface area contributed by atoms with E-state index in [-0.39, 0.29) is 0 Å². The van der Waals surface area contributed by atoms with Crippen molar-refractivity contribution < 1.29 is 0 Å². The Morgan fingerprint density at radius 2 is 0.695 bits per heavy atom. The van der Waals surface area contributed by atoms with Crippen LogP contribution in [0.2, 0.25) is 0 Å². The summed E-state index contributed by atoms with van der Waals surface area (Å²) in [6, 6.07) is 69.8. The molecule has 0 amide bonds. The molecule has 3 aromatic heterocycles. The van der Waals surface area contributed by atoms with Crippen LogP contribution in [-0.4, -0.2) is 25.1 Å². The van der Waals surface area contributed by atoms with Crippen LogP contribution in [0.3, 0.4) is 0 Å². The molecule has 59 heavy (non-hydrogen) atoms. The molecule has 0 saturated carbocycles. The van der Waals surface area contributed by atoms with Crippen molar-refractivity contribution >= 4 is 42.5 Å². The second-order valence-electron chi connectivity index (χ2n) is 14.6. The fourth-order valence-corrected chi connectivity index (χ4v) is 8.89. The number of nitrogens with zero attached hydrogens (tertiary/aromatic N) is 5. The number of thiophene rings is 1. The average molecular weight is 772 g/mol. The maximum Gasteiger partial charge on any atom is 0.164 e. The van der Waals surface area contributed by atoms with E-state index in [4.69, 9.17) is 15.0 Å². The lowest BCUT2D eigenvalue weighted by Gasteiger charge is -2.10. The maximum atomic E-state index is 5.00. The normalized spacial score (nSPS) is 11.4. The third-order valence-electron chi connectivity index (χ3n) is 10.9. The van der Waals surface area contributed by atoms with E-state index in [1.807, 2.05) is 48.5 Å². The summed E-state index contributed by atoms with van der Waals surface area (Å²) >= 11 is 1.78. The lowest BCUT2D eigenvalue weighted by atomic mass is 9.96. The SMILES string of the molecule is c1ccc(-c2ccc(-c3nc(-c4ccccc4)nc(-c4ccc(-c5cccc(-c6ccc(-c7ccc8sc9c%10ccccc%10nnc9c8c7)cc6)c5)cc4)n3)cc2)cc1. The highest BCUT2D eigenvalue weighted by molar-refractivity contribution is 7.26. The first-order chi connectivity index (χ1) is 29.2. The fourth-order valence-electron chi connectivity index (χ4n) is 7.74. The molecule has 0 bridgehead atoms. The monoisotopic (exact) mass is 771 g/mol. The van der Waals surface area contributed by atoms with Crippen LogP contribution < -0.4 is 0 Å². The Morgan fingerprint density at radius 1 is 0.288 bits per heavy atom. The molecule has 0 saturated heterocycles. The Hall–Kier alpha value is -7.67. The summed E-state index contributed by atoms with van der Waals surface area (Å²) < 4.78 is 2.40. The maximum absolute atomic E-state index is 5.00. The highest BCUT2D eigenvalue weighted by Gasteiger charge is 2.15. The minimum atomic E-state index is 0.633. The van der Waals surface area contributed by atoms with Gasteiger partial charge in [0.15, 0.2) is 17.5 Å². The quantitative estimate of drug-likeness (QED) is 0.161. The number of hydrogen-bond donors (Lipinski definition) is 0. The fraction of sp³-hybridized carbons (Fsp3) is 0. The van der Waals surface area contributed by atoms with Crippen molar-refractivity contribution in [3.8, 4) is 78.7 Å². The Labute approximate surface area is 345 Å². The molecule has 0 atom stereocenters. The van der Waals surface area contributed by atoms with Crippen LogP contribution in [-0.2, 0) is 0 Å². The van der Waals surface area contributed by atoms with E-state index < -0.39 is 0 Å². The molecule has 0 fully saturated rings. The van der Waals surface area contributed by atoms with E-state index in [1.54, 1.807) is 11.3 Å². The molecule has 11 rings (SSSR count). The van der Waals surface area contributed by atoms with Crippen molar-refractivity contribution in [1.29, 1.82) is 0 Å². The lowest BCUT2D eigenvalue weighted by Crippen LogP contribution is -2.00. The van der Waals surface area contributed by atoms with Gasteiger partial charge in [-0.2, -0.15) is 0 Å². The van der Waals surface area contributed by atoms with E-state index in [9.17, 15) is 0 Å². The van der Waals surface area contributed by atoms with Gasteiger partial charge in [0, 0.05) is 32.2 Å². The third kappa shape index (κ3) is 6.61. The van der Waals surface area contributed by atoms with Gasteiger partial charge in [0.25, 0.3) is 0 Å². The molecule has 3 heterocycles. The summed E-state index contributed by atoms with van der Waals surface area (Å²) in [5, 5.41) is 11.4. The summed E-state index contributed by atoms with van der Waals surface area (Å²) in [6.45, 7) is 0. The number of aromatic nitrogens is 5. The van der Waals surface area contributed by atoms with Gasteiger partial charge in [-0.25, -0.2) is 15.0 Å². The van der Waals surface area contributed by atoms with Gasteiger partial charge in [0.05, 0.1) is 10.2 Å². The molecule has 6 heteroatoms. The van der Waals surface area contributed by atoms with Crippen molar-refractivity contribution in [2.24, 2.45) is 0 Å². The van der Waals surface area contributed by atoms with Crippen LogP contribution in [0.1, 0.15) is 0 Å². The van der Waals surface area contributed by atoms with Crippen molar-refractivity contribution in [1.82, 2.24) is 25.1 Å². The zero-order valence-corrected chi connectivity index (χ0v) is 32.5. The summed E-state index contributed by atoms with van der Waals surface area (Å²) in [7, 11) is 0. The van der Waals surface area contributed by atoms with Crippen LogP contribution in [0.15, 0.2) is 200 Å². The smallest absolute Gasteiger partial charge is 0.164 e. The second kappa shape index (κ2) is 14.7. The molecule has 0 aliphatic heterocycles. The summed E-state index contributed by atoms with van der Waals surface area (Å²) in [4.78, 5) is 14.9. The zero-order chi connectivity index (χ0) is 39.1. The topological polar surface area (TPSA) is 64.5 Å². The van der Waals surface area contributed by atoms with E-state index in [0.29, 0.717) is 17.5 Å². The zero-order valence-electron chi connectivity index (χ0n) is 31.7. The number of hydrogen-bond acceptors (Lipinski definition) is 6. The molecule has 0 N–H and O–H groups in total. The molecule has 11 aromatic rings. The molecule has 0 aliphatic rings. The second-order valence-corrected chi connectivity index (χ2v) is 15.6. The molecule has 5 nitrogen and oxygen atoms in total. The number of rotatable bonds is 7. The summed E-state index contributed by atoms with van der Waals surface area (Å²) in [6.07, 6.45) is 0. The van der Waals surface area contributed by atoms with Gasteiger partial charge in [-0.05, 0) is 68.8 Å². The van der Waals surface area contributed by atoms with E-state index >= 15 is 0 Å². The average Bonchev–Trinajstić information content (AvgIpc) is 3.71. The van der Waals surface area contributed by atoms with Crippen molar-refractivity contribution in [3.63, 3.8) is 0 Å². The first kappa shape index (κ1) is 34.6. The van der Waals surface area contributed by atoms with Gasteiger partial charge in [-0.3, -0.25) is 0 Å². The number of benzene rings is 8. The first-order valence-electron chi connectivity index (χ1n) is 19.6. The Morgan fingerprint density at radius 3 is 1.27 bits per heavy atom. The molecule has 0 aliphatic carbocycles. The molecule has 0 radical (unpaired) electrons. The predicted molar refractivity (Wildman–Crippen MR) is 244 cm³/mol. The van der Waals surface area contributed by atoms with Crippen LogP contribution >= 0.6 is 11.3 Å². The minimum absolute atomic E-state index is 0.633. The van der Waals surface area contributed by atoms with Gasteiger partial charge >= 0.3 is 0 Å². The van der Waals surface area contributed by atoms with Crippen LogP contribution in [0.5, 0.6) is 0 Å². The molecular formula is C53H33N5S. The lowest BCUT2D eigenvalue weighted by molar-refractivity contribution is 1.07. The van der Waals surface area contributed by atoms with Gasteiger partial charge in [0.1, 0.15) is 5.52 Å². The molecule has 0 spiro atoms. The number of fused-ring (bicyclic) bond motifs is 5. The Kier molecular flexibility index (Phi) is 8.60. The van der Waals surface area contributed by atoms with Crippen LogP contribution in [0.25, 0.3) is 110 Å². The minimum Gasteiger partial charge on any atom is -0.208 e. The van der Waals surface area contributed by atoms with Crippen LogP contribution in [0, 0.1) is 0 Å². The predicted octanol–water partition coefficient (Wildman–Crippen LogP) is 13.9. The van der Waals surface area contributed by atoms with Crippen molar-refractivity contribution in [2.45, 2.75) is 0 Å². The van der Waals surface area contributed by atoms with Gasteiger partial charge < -0.3 is 0 Å². The first-order valence-corrected chi connectivity index (χ1v) is 20.4. The Bertz CT molecular complexity index is 3290. The highest BCUT2D eigenvalue weighted by atomic mass is 32.1. The summed E-state index contributed by atoms with van der Waals surface area (Å²) in [5.41, 5.74) is 13.9. The largest absolute Gasteiger partial charge is 0.208 e. The van der Waals surface area contributed by atoms with Crippen LogP contribution in [0.4, 0.5) is 0 Å². The molecular weight excluding hydrogens is 739 g/mol. The van der Waals surface area contributed by atoms with E-state index in [1.165, 1.54) is 15.0 Å². The van der Waals surface area contributed by atoms with E-state index in [2.05, 4.69) is 162 Å². The standard InChI is InChI=1S/C53H33N5S/c1-3-10-34(11-4-1)35-22-26-40(27-23-35)52-54-51(39-12-5-2-6-13-39)55-53(56-52)41-28-24-37(25-29-41)43-15-9-14-42(32-43)36-18-20-38(21-19-36)44-30-31-48-46(33-44)49-50(59-48)45-16-7-8-17-47(45)57-58-49/h1-33H. The van der Waals surface area contributed by atoms with Gasteiger partial charge in [-0.15, -0.1) is 21.5 Å². The van der Waals surface area contributed by atoms with Gasteiger partial charge in [-0.1, -0.05) is 176 Å². The van der Waals surface area contributed by atoms with Crippen molar-refractivity contribution in [3.05, 3.63) is 200 Å². The highest BCUT2D eigenvalue weighted by Crippen LogP contribution is 2.39. The van der Waals surface area contributed by atoms with Crippen molar-refractivity contribution in [2.75, 3.05) is 0 Å². The van der Waals surface area contributed by atoms with Gasteiger partial charge in [0.2, 0.25) is 0 Å². The molecule has 0 unspecified atom stereocenters. The third-order valence-corrected chi connectivity index (χ3v) is 12.1. The molecule has 8 aromatic carbocycles.